The molecule has 8 nitrogen and oxygen atoms in total. The van der Waals surface area contributed by atoms with E-state index in [-0.39, 0.29) is 23.8 Å². The summed E-state index contributed by atoms with van der Waals surface area (Å²) in [6, 6.07) is 12.9. The molecule has 0 spiro atoms. The third-order valence-corrected chi connectivity index (χ3v) is 6.13. The van der Waals surface area contributed by atoms with Gasteiger partial charge in [0.15, 0.2) is 0 Å². The molecule has 2 aromatic carbocycles. The molecular weight excluding hydrogens is 482 g/mol. The third-order valence-electron chi connectivity index (χ3n) is 6.13. The molecule has 1 aliphatic carbocycles. The van der Waals surface area contributed by atoms with Crippen LogP contribution in [-0.2, 0) is 14.3 Å². The highest BCUT2D eigenvalue weighted by Gasteiger charge is 2.44. The number of aryl methyl sites for hydroxylation is 1. The van der Waals surface area contributed by atoms with E-state index in [4.69, 9.17) is 9.47 Å². The topological polar surface area (TPSA) is 97.0 Å². The molecule has 3 rings (SSSR count). The maximum absolute atomic E-state index is 14.2. The van der Waals surface area contributed by atoms with Gasteiger partial charge in [-0.3, -0.25) is 9.59 Å². The highest BCUT2D eigenvalue weighted by atomic mass is 16.6. The Balaban J connectivity index is 1.97. The van der Waals surface area contributed by atoms with Gasteiger partial charge in [-0.2, -0.15) is 0 Å². The van der Waals surface area contributed by atoms with Crippen molar-refractivity contribution < 1.29 is 23.9 Å². The van der Waals surface area contributed by atoms with Gasteiger partial charge >= 0.3 is 6.09 Å². The van der Waals surface area contributed by atoms with Gasteiger partial charge < -0.3 is 25.0 Å². The second-order valence-corrected chi connectivity index (χ2v) is 11.3. The Kier molecular flexibility index (Phi) is 9.41. The normalized spacial score (nSPS) is 14.8. The number of alkyl carbamates (subject to hydrolysis) is 1. The summed E-state index contributed by atoms with van der Waals surface area (Å²) in [5.74, 6) is 0.202. The maximum atomic E-state index is 14.2. The summed E-state index contributed by atoms with van der Waals surface area (Å²) in [5.41, 5.74) is 1.60. The minimum absolute atomic E-state index is 0.0928. The lowest BCUT2D eigenvalue weighted by Crippen LogP contribution is -2.53. The van der Waals surface area contributed by atoms with Gasteiger partial charge in [-0.1, -0.05) is 43.7 Å². The minimum atomic E-state index is -0.868. The fourth-order valence-electron chi connectivity index (χ4n) is 4.36. The van der Waals surface area contributed by atoms with Gasteiger partial charge in [-0.25, -0.2) is 4.79 Å². The molecule has 2 N–H and O–H groups in total. The van der Waals surface area contributed by atoms with Gasteiger partial charge in [-0.15, -0.1) is 0 Å². The standard InChI is InChI=1S/C30H41N3O5/c1-19(2)17-25(32-29(36)38-30(4,5)6)28(35)33(23-13-14-23)26(21-10-8-9-20(3)18-21)27(34)31-22-11-15-24(37-7)16-12-22/h8-12,15-16,18-19,23,25-26H,13-14,17H2,1-7H3,(H,31,34)(H,32,36). The van der Waals surface area contributed by atoms with Crippen molar-refractivity contribution in [3.63, 3.8) is 0 Å². The number of nitrogens with one attached hydrogen (secondary N) is 2. The van der Waals surface area contributed by atoms with Crippen LogP contribution in [-0.4, -0.2) is 47.6 Å². The van der Waals surface area contributed by atoms with Gasteiger partial charge in [0, 0.05) is 11.7 Å². The van der Waals surface area contributed by atoms with Crippen LogP contribution in [0.15, 0.2) is 48.5 Å². The van der Waals surface area contributed by atoms with Crippen molar-refractivity contribution in [2.75, 3.05) is 12.4 Å². The van der Waals surface area contributed by atoms with Crippen LogP contribution in [0, 0.1) is 12.8 Å². The predicted octanol–water partition coefficient (Wildman–Crippen LogP) is 5.61. The molecule has 38 heavy (non-hydrogen) atoms. The Labute approximate surface area is 226 Å². The molecule has 0 aliphatic heterocycles. The Morgan fingerprint density at radius 2 is 1.71 bits per heavy atom. The largest absolute Gasteiger partial charge is 0.497 e. The van der Waals surface area contributed by atoms with Gasteiger partial charge in [-0.05, 0) is 82.7 Å². The molecule has 1 saturated carbocycles. The van der Waals surface area contributed by atoms with Crippen molar-refractivity contribution in [3.8, 4) is 5.75 Å². The Morgan fingerprint density at radius 1 is 1.05 bits per heavy atom. The zero-order valence-corrected chi connectivity index (χ0v) is 23.5. The molecule has 1 aliphatic rings. The van der Waals surface area contributed by atoms with Crippen LogP contribution in [0.3, 0.4) is 0 Å². The van der Waals surface area contributed by atoms with Crippen LogP contribution < -0.4 is 15.4 Å². The SMILES string of the molecule is COc1ccc(NC(=O)C(c2cccc(C)c2)N(C(=O)C(CC(C)C)NC(=O)OC(C)(C)C)C2CC2)cc1. The lowest BCUT2D eigenvalue weighted by atomic mass is 9.98. The molecule has 206 valence electrons. The van der Waals surface area contributed by atoms with Crippen molar-refractivity contribution in [2.24, 2.45) is 5.92 Å². The van der Waals surface area contributed by atoms with Crippen LogP contribution in [0.5, 0.6) is 5.75 Å². The van der Waals surface area contributed by atoms with Gasteiger partial charge in [0.05, 0.1) is 7.11 Å². The number of amides is 3. The zero-order valence-electron chi connectivity index (χ0n) is 23.5. The number of benzene rings is 2. The quantitative estimate of drug-likeness (QED) is 0.422. The van der Waals surface area contributed by atoms with E-state index in [9.17, 15) is 14.4 Å². The Hall–Kier alpha value is -3.55. The summed E-state index contributed by atoms with van der Waals surface area (Å²) in [7, 11) is 1.58. The van der Waals surface area contributed by atoms with Crippen molar-refractivity contribution in [1.29, 1.82) is 0 Å². The molecule has 0 radical (unpaired) electrons. The molecule has 1 fully saturated rings. The zero-order chi connectivity index (χ0) is 28.0. The second kappa shape index (κ2) is 12.3. The Bertz CT molecular complexity index is 1120. The highest BCUT2D eigenvalue weighted by Crippen LogP contribution is 2.37. The highest BCUT2D eigenvalue weighted by molar-refractivity contribution is 5.99. The number of rotatable bonds is 10. The predicted molar refractivity (Wildman–Crippen MR) is 148 cm³/mol. The van der Waals surface area contributed by atoms with Gasteiger partial charge in [0.25, 0.3) is 5.91 Å². The first kappa shape index (κ1) is 29.0. The van der Waals surface area contributed by atoms with Crippen molar-refractivity contribution in [3.05, 3.63) is 59.7 Å². The van der Waals surface area contributed by atoms with Crippen LogP contribution in [0.25, 0.3) is 0 Å². The molecule has 8 heteroatoms. The van der Waals surface area contributed by atoms with E-state index in [1.54, 1.807) is 57.0 Å². The summed E-state index contributed by atoms with van der Waals surface area (Å²) < 4.78 is 10.7. The van der Waals surface area contributed by atoms with E-state index < -0.39 is 23.8 Å². The number of anilines is 1. The molecule has 0 bridgehead atoms. The van der Waals surface area contributed by atoms with Gasteiger partial charge in [0.1, 0.15) is 23.4 Å². The number of methoxy groups -OCH3 is 1. The minimum Gasteiger partial charge on any atom is -0.497 e. The molecule has 2 aromatic rings. The summed E-state index contributed by atoms with van der Waals surface area (Å²) >= 11 is 0. The molecule has 0 heterocycles. The van der Waals surface area contributed by atoms with E-state index >= 15 is 0 Å². The van der Waals surface area contributed by atoms with Crippen LogP contribution in [0.1, 0.15) is 71.0 Å². The molecular formula is C30H41N3O5. The number of carbonyl (C=O) groups is 3. The van der Waals surface area contributed by atoms with E-state index in [2.05, 4.69) is 10.6 Å². The summed E-state index contributed by atoms with van der Waals surface area (Å²) in [4.78, 5) is 42.4. The first-order valence-electron chi connectivity index (χ1n) is 13.2. The smallest absolute Gasteiger partial charge is 0.408 e. The van der Waals surface area contributed by atoms with Crippen molar-refractivity contribution in [2.45, 2.75) is 84.5 Å². The van der Waals surface area contributed by atoms with Crippen LogP contribution >= 0.6 is 0 Å². The van der Waals surface area contributed by atoms with Gasteiger partial charge in [0.2, 0.25) is 5.91 Å². The number of hydrogen-bond donors (Lipinski definition) is 2. The first-order valence-corrected chi connectivity index (χ1v) is 13.2. The van der Waals surface area contributed by atoms with E-state index in [1.165, 1.54) is 0 Å². The first-order chi connectivity index (χ1) is 17.9. The van der Waals surface area contributed by atoms with E-state index in [0.29, 0.717) is 17.9 Å². The number of carbonyl (C=O) groups excluding carboxylic acids is 3. The second-order valence-electron chi connectivity index (χ2n) is 11.3. The monoisotopic (exact) mass is 523 g/mol. The number of ether oxygens (including phenoxy) is 2. The fraction of sp³-hybridized carbons (Fsp3) is 0.500. The number of hydrogen-bond acceptors (Lipinski definition) is 5. The van der Waals surface area contributed by atoms with E-state index in [0.717, 1.165) is 24.0 Å². The molecule has 0 aromatic heterocycles. The average Bonchev–Trinajstić information content (AvgIpc) is 3.65. The summed E-state index contributed by atoms with van der Waals surface area (Å²) in [6.07, 6.45) is 1.36. The lowest BCUT2D eigenvalue weighted by molar-refractivity contribution is -0.141. The maximum Gasteiger partial charge on any atom is 0.408 e. The summed E-state index contributed by atoms with van der Waals surface area (Å²) in [6.45, 7) is 11.3. The molecule has 2 atom stereocenters. The molecule has 0 saturated heterocycles. The third kappa shape index (κ3) is 8.23. The van der Waals surface area contributed by atoms with Crippen LogP contribution in [0.2, 0.25) is 0 Å². The van der Waals surface area contributed by atoms with Crippen molar-refractivity contribution >= 4 is 23.6 Å². The fourth-order valence-corrected chi connectivity index (χ4v) is 4.36. The Morgan fingerprint density at radius 3 is 2.24 bits per heavy atom. The number of nitrogens with zero attached hydrogens (tertiary/aromatic N) is 1. The molecule has 2 unspecified atom stereocenters. The summed E-state index contributed by atoms with van der Waals surface area (Å²) in [5, 5.41) is 5.77. The average molecular weight is 524 g/mol. The van der Waals surface area contributed by atoms with Crippen LogP contribution in [0.4, 0.5) is 10.5 Å². The van der Waals surface area contributed by atoms with E-state index in [1.807, 2.05) is 45.0 Å². The lowest BCUT2D eigenvalue weighted by Gasteiger charge is -2.35. The molecule has 3 amide bonds. The van der Waals surface area contributed by atoms with Crippen molar-refractivity contribution in [1.82, 2.24) is 10.2 Å².